The topological polar surface area (TPSA) is 29.1 Å². The SMILES string of the molecule is CC(C)(C)SCCNC(=O)[C@H]1CC=CCC1. The van der Waals surface area contributed by atoms with Crippen LogP contribution in [0.2, 0.25) is 0 Å². The fourth-order valence-electron chi connectivity index (χ4n) is 1.71. The van der Waals surface area contributed by atoms with E-state index in [0.29, 0.717) is 0 Å². The predicted octanol–water partition coefficient (Wildman–Crippen LogP) is 2.99. The molecule has 0 radical (unpaired) electrons. The van der Waals surface area contributed by atoms with Gasteiger partial charge in [0.05, 0.1) is 0 Å². The Morgan fingerprint density at radius 1 is 1.44 bits per heavy atom. The Kier molecular flexibility index (Phi) is 5.39. The normalized spacial score (nSPS) is 20.8. The standard InChI is InChI=1S/C13H23NOS/c1-13(2,3)16-10-9-14-12(15)11-7-5-4-6-8-11/h4-5,11H,6-10H2,1-3H3,(H,14,15)/t11-/m0/s1. The quantitative estimate of drug-likeness (QED) is 0.605. The highest BCUT2D eigenvalue weighted by atomic mass is 32.2. The third-order valence-electron chi connectivity index (χ3n) is 2.58. The molecule has 0 saturated heterocycles. The lowest BCUT2D eigenvalue weighted by Crippen LogP contribution is -2.33. The molecule has 0 heterocycles. The van der Waals surface area contributed by atoms with Crippen molar-refractivity contribution in [3.63, 3.8) is 0 Å². The van der Waals surface area contributed by atoms with E-state index in [-0.39, 0.29) is 16.6 Å². The van der Waals surface area contributed by atoms with Crippen LogP contribution in [0, 0.1) is 5.92 Å². The summed E-state index contributed by atoms with van der Waals surface area (Å²) in [6, 6.07) is 0. The minimum Gasteiger partial charge on any atom is -0.355 e. The molecule has 0 fully saturated rings. The average Bonchev–Trinajstić information content (AvgIpc) is 2.24. The van der Waals surface area contributed by atoms with Crippen molar-refractivity contribution >= 4 is 17.7 Å². The van der Waals surface area contributed by atoms with E-state index in [1.807, 2.05) is 11.8 Å². The summed E-state index contributed by atoms with van der Waals surface area (Å²) < 4.78 is 0.290. The lowest BCUT2D eigenvalue weighted by Gasteiger charge is -2.19. The first kappa shape index (κ1) is 13.6. The van der Waals surface area contributed by atoms with Gasteiger partial charge in [-0.05, 0) is 19.3 Å². The Morgan fingerprint density at radius 2 is 2.19 bits per heavy atom. The molecule has 1 aliphatic carbocycles. The molecule has 1 amide bonds. The Bertz CT molecular complexity index is 255. The number of rotatable bonds is 4. The van der Waals surface area contributed by atoms with E-state index in [2.05, 4.69) is 38.2 Å². The van der Waals surface area contributed by atoms with Gasteiger partial charge in [0.15, 0.2) is 0 Å². The largest absolute Gasteiger partial charge is 0.355 e. The van der Waals surface area contributed by atoms with Crippen LogP contribution in [0.15, 0.2) is 12.2 Å². The number of hydrogen-bond donors (Lipinski definition) is 1. The number of carbonyl (C=O) groups is 1. The third-order valence-corrected chi connectivity index (χ3v) is 3.85. The Morgan fingerprint density at radius 3 is 2.75 bits per heavy atom. The van der Waals surface area contributed by atoms with Gasteiger partial charge < -0.3 is 5.32 Å². The molecule has 1 N–H and O–H groups in total. The van der Waals surface area contributed by atoms with Crippen LogP contribution in [-0.2, 0) is 4.79 Å². The van der Waals surface area contributed by atoms with Gasteiger partial charge in [0, 0.05) is 23.0 Å². The second-order valence-electron chi connectivity index (χ2n) is 5.23. The maximum atomic E-state index is 11.8. The Hall–Kier alpha value is -0.440. The van der Waals surface area contributed by atoms with Crippen molar-refractivity contribution in [2.24, 2.45) is 5.92 Å². The minimum absolute atomic E-state index is 0.213. The van der Waals surface area contributed by atoms with E-state index in [0.717, 1.165) is 31.6 Å². The van der Waals surface area contributed by atoms with Crippen molar-refractivity contribution in [1.29, 1.82) is 0 Å². The van der Waals surface area contributed by atoms with Gasteiger partial charge in [-0.2, -0.15) is 11.8 Å². The van der Waals surface area contributed by atoms with Gasteiger partial charge in [-0.3, -0.25) is 4.79 Å². The van der Waals surface area contributed by atoms with E-state index in [9.17, 15) is 4.79 Å². The highest BCUT2D eigenvalue weighted by Gasteiger charge is 2.18. The van der Waals surface area contributed by atoms with Crippen LogP contribution in [0.3, 0.4) is 0 Å². The van der Waals surface area contributed by atoms with Crippen molar-refractivity contribution in [3.05, 3.63) is 12.2 Å². The molecule has 92 valence electrons. The number of amides is 1. The van der Waals surface area contributed by atoms with Crippen molar-refractivity contribution < 1.29 is 4.79 Å². The monoisotopic (exact) mass is 241 g/mol. The Balaban J connectivity index is 2.13. The number of allylic oxidation sites excluding steroid dienone is 2. The third kappa shape index (κ3) is 5.59. The zero-order valence-electron chi connectivity index (χ0n) is 10.6. The molecule has 16 heavy (non-hydrogen) atoms. The molecule has 3 heteroatoms. The molecular formula is C13H23NOS. The summed E-state index contributed by atoms with van der Waals surface area (Å²) in [5.41, 5.74) is 0. The zero-order chi connectivity index (χ0) is 12.0. The van der Waals surface area contributed by atoms with E-state index in [1.165, 1.54) is 0 Å². The van der Waals surface area contributed by atoms with Crippen molar-refractivity contribution in [2.75, 3.05) is 12.3 Å². The summed E-state index contributed by atoms with van der Waals surface area (Å²) in [5, 5.41) is 3.03. The molecular weight excluding hydrogens is 218 g/mol. The molecule has 1 aliphatic rings. The van der Waals surface area contributed by atoms with E-state index in [4.69, 9.17) is 0 Å². The van der Waals surface area contributed by atoms with Gasteiger partial charge in [0.2, 0.25) is 5.91 Å². The molecule has 0 aliphatic heterocycles. The zero-order valence-corrected chi connectivity index (χ0v) is 11.4. The highest BCUT2D eigenvalue weighted by molar-refractivity contribution is 8.00. The predicted molar refractivity (Wildman–Crippen MR) is 71.7 cm³/mol. The molecule has 0 bridgehead atoms. The van der Waals surface area contributed by atoms with Gasteiger partial charge in [-0.15, -0.1) is 0 Å². The fraction of sp³-hybridized carbons (Fsp3) is 0.769. The van der Waals surface area contributed by atoms with Gasteiger partial charge in [-0.1, -0.05) is 32.9 Å². The smallest absolute Gasteiger partial charge is 0.223 e. The van der Waals surface area contributed by atoms with Gasteiger partial charge >= 0.3 is 0 Å². The summed E-state index contributed by atoms with van der Waals surface area (Å²) in [4.78, 5) is 11.8. The summed E-state index contributed by atoms with van der Waals surface area (Å²) in [7, 11) is 0. The molecule has 1 atom stereocenters. The second-order valence-corrected chi connectivity index (χ2v) is 7.15. The number of thioether (sulfide) groups is 1. The molecule has 0 aromatic carbocycles. The first-order valence-electron chi connectivity index (χ1n) is 6.06. The Labute approximate surface area is 103 Å². The molecule has 0 spiro atoms. The first-order chi connectivity index (χ1) is 7.49. The van der Waals surface area contributed by atoms with Gasteiger partial charge in [0.1, 0.15) is 0 Å². The van der Waals surface area contributed by atoms with Gasteiger partial charge in [-0.25, -0.2) is 0 Å². The van der Waals surface area contributed by atoms with Crippen molar-refractivity contribution in [3.8, 4) is 0 Å². The lowest BCUT2D eigenvalue weighted by molar-refractivity contribution is -0.125. The second kappa shape index (κ2) is 6.33. The highest BCUT2D eigenvalue weighted by Crippen LogP contribution is 2.22. The fourth-order valence-corrected chi connectivity index (χ4v) is 2.52. The van der Waals surface area contributed by atoms with E-state index < -0.39 is 0 Å². The summed E-state index contributed by atoms with van der Waals surface area (Å²) in [6.07, 6.45) is 7.26. The lowest BCUT2D eigenvalue weighted by atomic mass is 9.94. The van der Waals surface area contributed by atoms with E-state index in [1.54, 1.807) is 0 Å². The van der Waals surface area contributed by atoms with Crippen LogP contribution >= 0.6 is 11.8 Å². The maximum absolute atomic E-state index is 11.8. The van der Waals surface area contributed by atoms with Crippen LogP contribution in [-0.4, -0.2) is 23.0 Å². The van der Waals surface area contributed by atoms with Crippen LogP contribution in [0.4, 0.5) is 0 Å². The summed E-state index contributed by atoms with van der Waals surface area (Å²) in [5.74, 6) is 1.45. The average molecular weight is 241 g/mol. The van der Waals surface area contributed by atoms with Crippen molar-refractivity contribution in [1.82, 2.24) is 5.32 Å². The molecule has 0 aromatic heterocycles. The summed E-state index contributed by atoms with van der Waals surface area (Å²) in [6.45, 7) is 7.39. The minimum atomic E-state index is 0.213. The molecule has 2 nitrogen and oxygen atoms in total. The molecule has 0 aromatic rings. The first-order valence-corrected chi connectivity index (χ1v) is 7.04. The molecule has 0 unspecified atom stereocenters. The van der Waals surface area contributed by atoms with Crippen LogP contribution in [0.1, 0.15) is 40.0 Å². The number of carbonyl (C=O) groups excluding carboxylic acids is 1. The van der Waals surface area contributed by atoms with Crippen LogP contribution in [0.25, 0.3) is 0 Å². The van der Waals surface area contributed by atoms with Crippen LogP contribution in [0.5, 0.6) is 0 Å². The summed E-state index contributed by atoms with van der Waals surface area (Å²) >= 11 is 1.89. The maximum Gasteiger partial charge on any atom is 0.223 e. The molecule has 0 saturated carbocycles. The van der Waals surface area contributed by atoms with Gasteiger partial charge in [0.25, 0.3) is 0 Å². The van der Waals surface area contributed by atoms with Crippen molar-refractivity contribution in [2.45, 2.75) is 44.8 Å². The number of hydrogen-bond acceptors (Lipinski definition) is 2. The van der Waals surface area contributed by atoms with Crippen LogP contribution < -0.4 is 5.32 Å². The number of nitrogens with one attached hydrogen (secondary N) is 1. The molecule has 1 rings (SSSR count). The van der Waals surface area contributed by atoms with E-state index >= 15 is 0 Å².